The number of quaternary nitrogens is 1. The standard InChI is InChI=1S/C17H17NO/c19-10-9-18-12-17-15-7-3-1-5-13(15)11-14-6-2-4-8-16(14)17/h1-8,11,18-19H,9-10,12H2/p+1. The second kappa shape index (κ2) is 5.39. The van der Waals surface area contributed by atoms with E-state index in [9.17, 15) is 0 Å². The lowest BCUT2D eigenvalue weighted by Crippen LogP contribution is -2.83. The lowest BCUT2D eigenvalue weighted by Gasteiger charge is -2.10. The van der Waals surface area contributed by atoms with E-state index in [2.05, 4.69) is 59.9 Å². The number of hydrogen-bond donors (Lipinski definition) is 2. The Labute approximate surface area is 112 Å². The van der Waals surface area contributed by atoms with Gasteiger partial charge in [-0.25, -0.2) is 0 Å². The van der Waals surface area contributed by atoms with E-state index in [4.69, 9.17) is 5.11 Å². The van der Waals surface area contributed by atoms with Gasteiger partial charge in [-0.2, -0.15) is 0 Å². The highest BCUT2D eigenvalue weighted by atomic mass is 16.3. The molecule has 0 unspecified atom stereocenters. The number of benzene rings is 3. The van der Waals surface area contributed by atoms with Crippen LogP contribution in [0.15, 0.2) is 54.6 Å². The van der Waals surface area contributed by atoms with Crippen LogP contribution in [0.4, 0.5) is 0 Å². The minimum Gasteiger partial charge on any atom is -0.391 e. The largest absolute Gasteiger partial charge is 0.391 e. The molecular weight excluding hydrogens is 234 g/mol. The smallest absolute Gasteiger partial charge is 0.103 e. The van der Waals surface area contributed by atoms with Crippen LogP contribution in [0.5, 0.6) is 0 Å². The number of rotatable bonds is 4. The van der Waals surface area contributed by atoms with Gasteiger partial charge in [0.1, 0.15) is 6.54 Å². The molecule has 0 bridgehead atoms. The lowest BCUT2D eigenvalue weighted by atomic mass is 9.97. The van der Waals surface area contributed by atoms with E-state index in [1.165, 1.54) is 27.1 Å². The van der Waals surface area contributed by atoms with E-state index in [1.54, 1.807) is 0 Å². The first-order valence-electron chi connectivity index (χ1n) is 6.72. The summed E-state index contributed by atoms with van der Waals surface area (Å²) >= 11 is 0. The van der Waals surface area contributed by atoms with Gasteiger partial charge in [0, 0.05) is 5.56 Å². The molecule has 0 fully saturated rings. The van der Waals surface area contributed by atoms with Crippen LogP contribution < -0.4 is 5.32 Å². The van der Waals surface area contributed by atoms with Crippen LogP contribution in [-0.4, -0.2) is 18.3 Å². The van der Waals surface area contributed by atoms with E-state index >= 15 is 0 Å². The van der Waals surface area contributed by atoms with Crippen LogP contribution in [0.2, 0.25) is 0 Å². The second-order valence-corrected chi connectivity index (χ2v) is 4.80. The molecule has 0 amide bonds. The third-order valence-corrected chi connectivity index (χ3v) is 3.56. The fraction of sp³-hybridized carbons (Fsp3) is 0.176. The lowest BCUT2D eigenvalue weighted by molar-refractivity contribution is -0.671. The Bertz CT molecular complexity index is 652. The summed E-state index contributed by atoms with van der Waals surface area (Å²) in [6.45, 7) is 1.88. The van der Waals surface area contributed by atoms with E-state index in [-0.39, 0.29) is 6.61 Å². The Morgan fingerprint density at radius 1 is 0.842 bits per heavy atom. The summed E-state index contributed by atoms with van der Waals surface area (Å²) < 4.78 is 0. The number of aliphatic hydroxyl groups is 1. The van der Waals surface area contributed by atoms with Crippen LogP contribution in [-0.2, 0) is 6.54 Å². The molecule has 0 aliphatic rings. The van der Waals surface area contributed by atoms with Crippen LogP contribution in [0.1, 0.15) is 5.56 Å². The van der Waals surface area contributed by atoms with Crippen molar-refractivity contribution in [1.29, 1.82) is 0 Å². The van der Waals surface area contributed by atoms with E-state index in [1.807, 2.05) is 0 Å². The molecule has 3 aromatic rings. The van der Waals surface area contributed by atoms with Gasteiger partial charge in [0.15, 0.2) is 0 Å². The molecular formula is C17H18NO+. The van der Waals surface area contributed by atoms with Crippen molar-refractivity contribution < 1.29 is 10.4 Å². The van der Waals surface area contributed by atoms with Crippen molar-refractivity contribution >= 4 is 21.5 Å². The quantitative estimate of drug-likeness (QED) is 0.541. The summed E-state index contributed by atoms with van der Waals surface area (Å²) in [4.78, 5) is 0. The molecule has 2 heteroatoms. The Balaban J connectivity index is 2.21. The maximum absolute atomic E-state index is 8.94. The molecule has 0 saturated carbocycles. The number of fused-ring (bicyclic) bond motifs is 2. The van der Waals surface area contributed by atoms with Crippen LogP contribution >= 0.6 is 0 Å². The molecule has 19 heavy (non-hydrogen) atoms. The van der Waals surface area contributed by atoms with Crippen molar-refractivity contribution in [1.82, 2.24) is 0 Å². The average Bonchev–Trinajstić information content (AvgIpc) is 2.46. The minimum absolute atomic E-state index is 0.225. The maximum Gasteiger partial charge on any atom is 0.103 e. The highest BCUT2D eigenvalue weighted by Crippen LogP contribution is 2.27. The van der Waals surface area contributed by atoms with Crippen LogP contribution in [0.3, 0.4) is 0 Å². The molecule has 0 aliphatic carbocycles. The van der Waals surface area contributed by atoms with Gasteiger partial charge >= 0.3 is 0 Å². The molecule has 0 aliphatic heterocycles. The number of aliphatic hydroxyl groups excluding tert-OH is 1. The first kappa shape index (κ1) is 12.2. The van der Waals surface area contributed by atoms with Crippen molar-refractivity contribution in [3.05, 3.63) is 60.2 Å². The molecule has 0 heterocycles. The Kier molecular flexibility index (Phi) is 3.45. The summed E-state index contributed by atoms with van der Waals surface area (Å²) in [6, 6.07) is 19.3. The second-order valence-electron chi connectivity index (χ2n) is 4.80. The summed E-state index contributed by atoms with van der Waals surface area (Å²) in [5.74, 6) is 0. The van der Waals surface area contributed by atoms with E-state index in [0.717, 1.165) is 13.1 Å². The predicted octanol–water partition coefficient (Wildman–Crippen LogP) is 2.05. The zero-order chi connectivity index (χ0) is 13.1. The SMILES string of the molecule is OCC[NH2+]Cc1c2ccccc2cc2ccccc12. The average molecular weight is 252 g/mol. The molecule has 3 N–H and O–H groups in total. The van der Waals surface area contributed by atoms with E-state index < -0.39 is 0 Å². The van der Waals surface area contributed by atoms with E-state index in [0.29, 0.717) is 0 Å². The topological polar surface area (TPSA) is 36.8 Å². The van der Waals surface area contributed by atoms with Gasteiger partial charge in [-0.3, -0.25) is 0 Å². The van der Waals surface area contributed by atoms with Crippen molar-refractivity contribution in [2.75, 3.05) is 13.2 Å². The summed E-state index contributed by atoms with van der Waals surface area (Å²) in [6.07, 6.45) is 0. The normalized spacial score (nSPS) is 11.2. The van der Waals surface area contributed by atoms with Crippen LogP contribution in [0, 0.1) is 0 Å². The third kappa shape index (κ3) is 2.33. The molecule has 0 aromatic heterocycles. The fourth-order valence-corrected chi connectivity index (χ4v) is 2.67. The molecule has 2 nitrogen and oxygen atoms in total. The van der Waals surface area contributed by atoms with Gasteiger partial charge < -0.3 is 10.4 Å². The highest BCUT2D eigenvalue weighted by Gasteiger charge is 2.08. The number of nitrogens with two attached hydrogens (primary N) is 1. The van der Waals surface area contributed by atoms with Crippen molar-refractivity contribution in [3.63, 3.8) is 0 Å². The minimum atomic E-state index is 0.225. The third-order valence-electron chi connectivity index (χ3n) is 3.56. The summed E-state index contributed by atoms with van der Waals surface area (Å²) in [5.41, 5.74) is 1.36. The van der Waals surface area contributed by atoms with Gasteiger partial charge in [-0.05, 0) is 27.6 Å². The molecule has 96 valence electrons. The molecule has 0 spiro atoms. The highest BCUT2D eigenvalue weighted by molar-refractivity contribution is 6.02. The van der Waals surface area contributed by atoms with Gasteiger partial charge in [0.2, 0.25) is 0 Å². The number of hydrogen-bond acceptors (Lipinski definition) is 1. The molecule has 3 aromatic carbocycles. The molecule has 0 atom stereocenters. The predicted molar refractivity (Wildman–Crippen MR) is 79.0 cm³/mol. The Morgan fingerprint density at radius 2 is 1.42 bits per heavy atom. The summed E-state index contributed by atoms with van der Waals surface area (Å²) in [5, 5.41) is 16.3. The monoisotopic (exact) mass is 252 g/mol. The molecule has 0 radical (unpaired) electrons. The molecule has 0 saturated heterocycles. The van der Waals surface area contributed by atoms with Crippen LogP contribution in [0.25, 0.3) is 21.5 Å². The summed E-state index contributed by atoms with van der Waals surface area (Å²) in [7, 11) is 0. The van der Waals surface area contributed by atoms with Gasteiger partial charge in [-0.1, -0.05) is 48.5 Å². The van der Waals surface area contributed by atoms with Gasteiger partial charge in [0.25, 0.3) is 0 Å². The van der Waals surface area contributed by atoms with Crippen molar-refractivity contribution in [2.24, 2.45) is 0 Å². The Hall–Kier alpha value is -1.90. The van der Waals surface area contributed by atoms with Crippen molar-refractivity contribution in [2.45, 2.75) is 6.54 Å². The Morgan fingerprint density at radius 3 is 2.00 bits per heavy atom. The first-order valence-corrected chi connectivity index (χ1v) is 6.72. The maximum atomic E-state index is 8.94. The van der Waals surface area contributed by atoms with Crippen molar-refractivity contribution in [3.8, 4) is 0 Å². The van der Waals surface area contributed by atoms with Gasteiger partial charge in [-0.15, -0.1) is 0 Å². The molecule has 3 rings (SSSR count). The first-order chi connectivity index (χ1) is 9.40. The zero-order valence-corrected chi connectivity index (χ0v) is 10.8. The fourth-order valence-electron chi connectivity index (χ4n) is 2.67. The zero-order valence-electron chi connectivity index (χ0n) is 10.8. The van der Waals surface area contributed by atoms with Gasteiger partial charge in [0.05, 0.1) is 13.2 Å².